The van der Waals surface area contributed by atoms with Crippen LogP contribution >= 0.6 is 0 Å². The van der Waals surface area contributed by atoms with Crippen molar-refractivity contribution in [1.82, 2.24) is 5.32 Å². The average Bonchev–Trinajstić information content (AvgIpc) is 3.31. The van der Waals surface area contributed by atoms with E-state index in [0.717, 1.165) is 122 Å². The highest BCUT2D eigenvalue weighted by molar-refractivity contribution is 5.76. The Hall–Kier alpha value is -4.19. The minimum atomic E-state index is -1.58. The molecule has 7 unspecified atom stereocenters. The van der Waals surface area contributed by atoms with Gasteiger partial charge in [0.05, 0.1) is 25.4 Å². The summed E-state index contributed by atoms with van der Waals surface area (Å²) in [6.45, 7) is 3.66. The zero-order valence-electron chi connectivity index (χ0n) is 55.9. The number of hydrogen-bond donors (Lipinski definition) is 6. The Bertz CT molecular complexity index is 1950. The second-order valence-electron chi connectivity index (χ2n) is 23.9. The van der Waals surface area contributed by atoms with E-state index in [-0.39, 0.29) is 12.5 Å². The molecule has 0 saturated carbocycles. The van der Waals surface area contributed by atoms with Gasteiger partial charge in [-0.25, -0.2) is 0 Å². The van der Waals surface area contributed by atoms with Crippen LogP contribution in [0.25, 0.3) is 0 Å². The Balaban J connectivity index is 2.18. The number of rotatable bonds is 60. The van der Waals surface area contributed by atoms with E-state index in [1.54, 1.807) is 6.08 Å². The van der Waals surface area contributed by atoms with Crippen LogP contribution in [0.4, 0.5) is 0 Å². The number of aliphatic hydroxyl groups excluding tert-OH is 5. The maximum Gasteiger partial charge on any atom is 0.220 e. The number of unbranched alkanes of at least 4 members (excludes halogenated alkanes) is 26. The smallest absolute Gasteiger partial charge is 0.220 e. The molecule has 7 atom stereocenters. The van der Waals surface area contributed by atoms with Gasteiger partial charge in [-0.1, -0.05) is 313 Å². The number of carbonyl (C=O) groups is 1. The highest BCUT2D eigenvalue weighted by atomic mass is 16.7. The number of hydrogen-bond acceptors (Lipinski definition) is 8. The van der Waals surface area contributed by atoms with Crippen molar-refractivity contribution in [3.8, 4) is 0 Å². The summed E-state index contributed by atoms with van der Waals surface area (Å²) in [6, 6.07) is -0.841. The van der Waals surface area contributed by atoms with E-state index < -0.39 is 49.5 Å². The van der Waals surface area contributed by atoms with Gasteiger partial charge in [0.1, 0.15) is 24.4 Å². The van der Waals surface area contributed by atoms with Crippen molar-refractivity contribution < 1.29 is 39.8 Å². The fraction of sp³-hybridized carbons (Fsp3) is 0.658. The Kier molecular flexibility index (Phi) is 61.1. The van der Waals surface area contributed by atoms with Crippen molar-refractivity contribution in [2.24, 2.45) is 0 Å². The monoisotopic (exact) mass is 1220 g/mol. The Morgan fingerprint density at radius 1 is 0.398 bits per heavy atom. The van der Waals surface area contributed by atoms with E-state index in [9.17, 15) is 30.3 Å². The minimum absolute atomic E-state index is 0.202. The van der Waals surface area contributed by atoms with Crippen LogP contribution in [0.2, 0.25) is 0 Å². The first-order valence-electron chi connectivity index (χ1n) is 35.7. The van der Waals surface area contributed by atoms with Crippen molar-refractivity contribution in [3.63, 3.8) is 0 Å². The molecule has 0 aromatic rings. The molecular weight excluding hydrogens is 1090 g/mol. The zero-order chi connectivity index (χ0) is 63.5. The maximum absolute atomic E-state index is 13.1. The predicted molar refractivity (Wildman–Crippen MR) is 377 cm³/mol. The van der Waals surface area contributed by atoms with E-state index in [1.165, 1.54) is 135 Å². The number of nitrogens with one attached hydrogen (secondary N) is 1. The Labute approximate surface area is 539 Å². The molecule has 9 nitrogen and oxygen atoms in total. The van der Waals surface area contributed by atoms with Crippen molar-refractivity contribution in [1.29, 1.82) is 0 Å². The summed E-state index contributed by atoms with van der Waals surface area (Å²) in [6.07, 6.45) is 96.2. The number of ether oxygens (including phenoxy) is 2. The molecule has 1 aliphatic heterocycles. The summed E-state index contributed by atoms with van der Waals surface area (Å²) in [5.74, 6) is -0.202. The number of carbonyl (C=O) groups excluding carboxylic acids is 1. The first-order valence-corrected chi connectivity index (χ1v) is 35.7. The van der Waals surface area contributed by atoms with Gasteiger partial charge < -0.3 is 40.3 Å². The third-order valence-electron chi connectivity index (χ3n) is 15.8. The van der Waals surface area contributed by atoms with Crippen LogP contribution in [-0.4, -0.2) is 87.5 Å². The lowest BCUT2D eigenvalue weighted by molar-refractivity contribution is -0.302. The third kappa shape index (κ3) is 53.6. The van der Waals surface area contributed by atoms with Crippen molar-refractivity contribution in [2.45, 2.75) is 320 Å². The van der Waals surface area contributed by atoms with Crippen LogP contribution in [-0.2, 0) is 14.3 Å². The van der Waals surface area contributed by atoms with E-state index in [1.807, 2.05) is 6.08 Å². The Morgan fingerprint density at radius 2 is 0.716 bits per heavy atom. The zero-order valence-corrected chi connectivity index (χ0v) is 55.9. The molecule has 1 rings (SSSR count). The van der Waals surface area contributed by atoms with Gasteiger partial charge >= 0.3 is 0 Å². The van der Waals surface area contributed by atoms with Gasteiger partial charge in [0.25, 0.3) is 0 Å². The lowest BCUT2D eigenvalue weighted by Crippen LogP contribution is -2.60. The van der Waals surface area contributed by atoms with E-state index in [0.29, 0.717) is 6.42 Å². The molecule has 1 heterocycles. The molecule has 0 aliphatic carbocycles. The van der Waals surface area contributed by atoms with Crippen LogP contribution in [0.5, 0.6) is 0 Å². The lowest BCUT2D eigenvalue weighted by atomic mass is 9.99. The fourth-order valence-electron chi connectivity index (χ4n) is 10.3. The van der Waals surface area contributed by atoms with Crippen LogP contribution < -0.4 is 5.32 Å². The standard InChI is InChI=1S/C79H131NO8/c1-3-5-7-9-11-13-15-17-19-21-23-25-27-29-30-31-32-33-34-35-36-37-38-39-40-41-42-43-44-45-47-49-51-53-55-57-59-61-63-65-67-69-75(83)80-72(71-87-79-78(86)77(85)76(84)74(70-81)88-79)73(82)68-66-64-62-60-58-56-54-52-50-48-46-28-26-24-22-20-18-16-14-12-10-8-6-4-2/h5,7,11,13,17,19,23,25,29-30,32-33,35-36,38-39,41-42,44-45,49,51,58,60,66,68,72-74,76-79,81-82,84-86H,3-4,6,8-10,12,14-16,18,20-22,24,26-28,31,34,37,40,43,46-48,50,52-57,59,61-65,67,69-71H2,1-2H3,(H,80,83)/b7-5-,13-11-,19-17-,25-23-,30-29-,33-32-,36-35-,39-38-,42-41-,45-44-,51-49-,60-58+,68-66+. The summed E-state index contributed by atoms with van der Waals surface area (Å²) in [4.78, 5) is 13.1. The van der Waals surface area contributed by atoms with Gasteiger partial charge in [-0.05, 0) is 116 Å². The second kappa shape index (κ2) is 65.8. The molecule has 0 aromatic heterocycles. The highest BCUT2D eigenvalue weighted by Crippen LogP contribution is 2.23. The molecule has 9 heteroatoms. The molecule has 1 amide bonds. The molecule has 0 radical (unpaired) electrons. The largest absolute Gasteiger partial charge is 0.394 e. The molecule has 0 spiro atoms. The highest BCUT2D eigenvalue weighted by Gasteiger charge is 2.44. The normalized spacial score (nSPS) is 18.9. The summed E-state index contributed by atoms with van der Waals surface area (Å²) < 4.78 is 11.3. The SMILES string of the molecule is CC/C=C\C/C=C\C/C=C\C/C=C\C/C=C\C/C=C\C/C=C\C/C=C\C/C=C\C/C=C\C/C=C\CCCCCCCCCC(=O)NC(COC1OC(CO)C(O)C(O)C1O)C(O)/C=C/CC/C=C/CCCCCCCCCCCCCCCCCCCC. The molecular formula is C79H131NO8. The third-order valence-corrected chi connectivity index (χ3v) is 15.8. The van der Waals surface area contributed by atoms with Gasteiger partial charge in [-0.2, -0.15) is 0 Å². The summed E-state index contributed by atoms with van der Waals surface area (Å²) in [7, 11) is 0. The van der Waals surface area contributed by atoms with Crippen molar-refractivity contribution in [2.75, 3.05) is 13.2 Å². The maximum atomic E-state index is 13.1. The molecule has 500 valence electrons. The molecule has 0 aromatic carbocycles. The molecule has 6 N–H and O–H groups in total. The molecule has 0 bridgehead atoms. The van der Waals surface area contributed by atoms with Gasteiger partial charge in [-0.15, -0.1) is 0 Å². The van der Waals surface area contributed by atoms with Gasteiger partial charge in [0.2, 0.25) is 5.91 Å². The predicted octanol–water partition coefficient (Wildman–Crippen LogP) is 19.9. The van der Waals surface area contributed by atoms with Crippen LogP contribution in [0.15, 0.2) is 158 Å². The number of allylic oxidation sites excluding steroid dienone is 25. The quantitative estimate of drug-likeness (QED) is 0.0261. The van der Waals surface area contributed by atoms with E-state index in [4.69, 9.17) is 9.47 Å². The van der Waals surface area contributed by atoms with Crippen LogP contribution in [0.3, 0.4) is 0 Å². The van der Waals surface area contributed by atoms with E-state index >= 15 is 0 Å². The molecule has 1 saturated heterocycles. The lowest BCUT2D eigenvalue weighted by Gasteiger charge is -2.40. The van der Waals surface area contributed by atoms with Gasteiger partial charge in [-0.3, -0.25) is 4.79 Å². The van der Waals surface area contributed by atoms with Crippen LogP contribution in [0, 0.1) is 0 Å². The van der Waals surface area contributed by atoms with Crippen LogP contribution in [0.1, 0.15) is 277 Å². The second-order valence-corrected chi connectivity index (χ2v) is 23.9. The average molecular weight is 1220 g/mol. The topological polar surface area (TPSA) is 149 Å². The van der Waals surface area contributed by atoms with Gasteiger partial charge in [0.15, 0.2) is 6.29 Å². The minimum Gasteiger partial charge on any atom is -0.394 e. The summed E-state index contributed by atoms with van der Waals surface area (Å²) in [5, 5.41) is 54.7. The number of amides is 1. The summed E-state index contributed by atoms with van der Waals surface area (Å²) >= 11 is 0. The fourth-order valence-corrected chi connectivity index (χ4v) is 10.3. The van der Waals surface area contributed by atoms with Crippen molar-refractivity contribution in [3.05, 3.63) is 158 Å². The molecule has 1 aliphatic rings. The molecule has 88 heavy (non-hydrogen) atoms. The van der Waals surface area contributed by atoms with Crippen molar-refractivity contribution >= 4 is 5.91 Å². The first-order chi connectivity index (χ1) is 43.3. The first kappa shape index (κ1) is 81.8. The summed E-state index contributed by atoms with van der Waals surface area (Å²) in [5.41, 5.74) is 0. The number of aliphatic hydroxyl groups is 5. The van der Waals surface area contributed by atoms with Gasteiger partial charge in [0, 0.05) is 6.42 Å². The Morgan fingerprint density at radius 3 is 1.09 bits per heavy atom. The molecule has 1 fully saturated rings. The van der Waals surface area contributed by atoms with E-state index in [2.05, 4.69) is 165 Å².